The number of anilines is 3. The lowest BCUT2D eigenvalue weighted by Crippen LogP contribution is -2.52. The van der Waals surface area contributed by atoms with Crippen LogP contribution in [0.25, 0.3) is 11.0 Å². The molecule has 66 heavy (non-hydrogen) atoms. The standard InChI is InChI=1S/C51H57N9O6/c1-32-42-28-52-50(55-46(42)60(40-5-3-4-6-40)49(65)45(32)33(2)61)53-38-12-14-39(15-13-38)58-25-23-57(24-26-58)30-35-9-7-34(8-10-35)29-56-21-19-51(66,20-22-56)37-11-16-41-36(27-37)31-59(48(41)64)43-17-18-44(62)54-47(43)63/h7-16,27-28,40,43,66H,3-6,17-26,29-31H2,1-2H3,(H,52,53,55)(H,54,62,63). The summed E-state index contributed by atoms with van der Waals surface area (Å²) in [6.45, 7) is 10.5. The van der Waals surface area contributed by atoms with E-state index in [1.165, 1.54) is 18.1 Å². The van der Waals surface area contributed by atoms with Crippen LogP contribution in [-0.2, 0) is 34.8 Å². The highest BCUT2D eigenvalue weighted by atomic mass is 16.3. The number of ketones is 1. The van der Waals surface area contributed by atoms with Crippen molar-refractivity contribution in [3.8, 4) is 0 Å². The van der Waals surface area contributed by atoms with E-state index in [0.29, 0.717) is 48.5 Å². The maximum Gasteiger partial charge on any atom is 0.263 e. The van der Waals surface area contributed by atoms with Gasteiger partial charge in [0.05, 0.1) is 11.2 Å². The molecule has 3 saturated heterocycles. The van der Waals surface area contributed by atoms with Crippen LogP contribution in [0.1, 0.15) is 113 Å². The Morgan fingerprint density at radius 1 is 0.848 bits per heavy atom. The average Bonchev–Trinajstić information content (AvgIpc) is 3.96. The Hall–Kier alpha value is -6.29. The van der Waals surface area contributed by atoms with Gasteiger partial charge in [0.1, 0.15) is 11.7 Å². The number of fused-ring (bicyclic) bond motifs is 2. The molecule has 3 aromatic carbocycles. The minimum atomic E-state index is -0.993. The van der Waals surface area contributed by atoms with Gasteiger partial charge in [0, 0.05) is 99.9 Å². The molecule has 1 aliphatic carbocycles. The van der Waals surface area contributed by atoms with Gasteiger partial charge in [-0.05, 0) is 104 Å². The second-order valence-electron chi connectivity index (χ2n) is 18.9. The van der Waals surface area contributed by atoms with Crippen molar-refractivity contribution < 1.29 is 24.3 Å². The van der Waals surface area contributed by atoms with E-state index in [4.69, 9.17) is 4.98 Å². The minimum absolute atomic E-state index is 0.0249. The molecule has 15 nitrogen and oxygen atoms in total. The molecular formula is C51H57N9O6. The topological polar surface area (TPSA) is 173 Å². The van der Waals surface area contributed by atoms with Crippen molar-refractivity contribution in [3.05, 3.63) is 122 Å². The number of hydrogen-bond donors (Lipinski definition) is 3. The van der Waals surface area contributed by atoms with Gasteiger partial charge >= 0.3 is 0 Å². The molecule has 2 aromatic heterocycles. The van der Waals surface area contributed by atoms with Gasteiger partial charge in [-0.1, -0.05) is 49.2 Å². The number of carbonyl (C=O) groups is 4. The molecule has 4 aliphatic heterocycles. The molecule has 1 atom stereocenters. The fourth-order valence-corrected chi connectivity index (χ4v) is 10.9. The Morgan fingerprint density at radius 2 is 1.52 bits per heavy atom. The predicted octanol–water partition coefficient (Wildman–Crippen LogP) is 5.73. The van der Waals surface area contributed by atoms with Crippen molar-refractivity contribution in [2.24, 2.45) is 0 Å². The molecule has 0 bridgehead atoms. The number of aryl methyl sites for hydroxylation is 1. The molecule has 0 radical (unpaired) electrons. The van der Waals surface area contributed by atoms with Crippen molar-refractivity contribution in [1.82, 2.24) is 34.6 Å². The van der Waals surface area contributed by atoms with Crippen LogP contribution in [0.15, 0.2) is 77.7 Å². The predicted molar refractivity (Wildman–Crippen MR) is 251 cm³/mol. The quantitative estimate of drug-likeness (QED) is 0.109. The Morgan fingerprint density at radius 3 is 2.17 bits per heavy atom. The number of aromatic nitrogens is 3. The molecule has 15 heteroatoms. The van der Waals surface area contributed by atoms with Crippen molar-refractivity contribution in [3.63, 3.8) is 0 Å². The number of hydrogen-bond acceptors (Lipinski definition) is 12. The summed E-state index contributed by atoms with van der Waals surface area (Å²) in [4.78, 5) is 81.7. The maximum atomic E-state index is 13.6. The summed E-state index contributed by atoms with van der Waals surface area (Å²) in [6, 6.07) is 22.1. The zero-order chi connectivity index (χ0) is 45.7. The minimum Gasteiger partial charge on any atom is -0.385 e. The van der Waals surface area contributed by atoms with Crippen LogP contribution in [0.5, 0.6) is 0 Å². The first-order chi connectivity index (χ1) is 31.9. The van der Waals surface area contributed by atoms with Gasteiger partial charge in [0.15, 0.2) is 5.78 Å². The summed E-state index contributed by atoms with van der Waals surface area (Å²) in [7, 11) is 0. The average molecular weight is 892 g/mol. The van der Waals surface area contributed by atoms with E-state index in [2.05, 4.69) is 66.7 Å². The number of pyridine rings is 1. The molecule has 3 amide bonds. The smallest absolute Gasteiger partial charge is 0.263 e. The van der Waals surface area contributed by atoms with Crippen molar-refractivity contribution in [2.45, 2.75) is 103 Å². The van der Waals surface area contributed by atoms with E-state index in [-0.39, 0.29) is 41.2 Å². The normalized spacial score (nSPS) is 20.5. The van der Waals surface area contributed by atoms with Crippen LogP contribution in [0.2, 0.25) is 0 Å². The highest BCUT2D eigenvalue weighted by Gasteiger charge is 2.41. The van der Waals surface area contributed by atoms with Crippen LogP contribution in [0, 0.1) is 6.92 Å². The van der Waals surface area contributed by atoms with Gasteiger partial charge in [-0.15, -0.1) is 0 Å². The van der Waals surface area contributed by atoms with Crippen LogP contribution in [-0.4, -0.2) is 103 Å². The molecular weight excluding hydrogens is 835 g/mol. The number of rotatable bonds is 11. The summed E-state index contributed by atoms with van der Waals surface area (Å²) >= 11 is 0. The SMILES string of the molecule is CC(=O)c1c(C)c2cnc(Nc3ccc(N4CCN(Cc5ccc(CN6CCC(O)(c7ccc8c(c7)CN(C7CCC(=O)NC7=O)C8=O)CC6)cc5)CC4)cc3)nc2n(C2CCCC2)c1=O. The van der Waals surface area contributed by atoms with Gasteiger partial charge in [-0.3, -0.25) is 43.7 Å². The molecule has 1 saturated carbocycles. The largest absolute Gasteiger partial charge is 0.385 e. The van der Waals surface area contributed by atoms with E-state index < -0.39 is 17.6 Å². The number of amides is 3. The number of nitrogens with zero attached hydrogens (tertiary/aromatic N) is 7. The van der Waals surface area contributed by atoms with E-state index >= 15 is 0 Å². The number of Topliss-reactive ketones (excluding diaryl/α,β-unsaturated/α-hetero) is 1. The number of nitrogens with one attached hydrogen (secondary N) is 2. The number of carbonyl (C=O) groups excluding carboxylic acids is 4. The second-order valence-corrected chi connectivity index (χ2v) is 18.9. The van der Waals surface area contributed by atoms with E-state index in [0.717, 1.165) is 106 Å². The number of likely N-dealkylation sites (tertiary alicyclic amines) is 1. The van der Waals surface area contributed by atoms with Gasteiger partial charge in [-0.25, -0.2) is 4.98 Å². The van der Waals surface area contributed by atoms with Gasteiger partial charge in [-0.2, -0.15) is 4.98 Å². The first-order valence-electron chi connectivity index (χ1n) is 23.5. The zero-order valence-electron chi connectivity index (χ0n) is 37.7. The third-order valence-corrected chi connectivity index (χ3v) is 14.7. The fourth-order valence-electron chi connectivity index (χ4n) is 10.9. The Balaban J connectivity index is 0.693. The maximum absolute atomic E-state index is 13.6. The monoisotopic (exact) mass is 891 g/mol. The van der Waals surface area contributed by atoms with Gasteiger partial charge in [0.2, 0.25) is 17.8 Å². The summed E-state index contributed by atoms with van der Waals surface area (Å²) in [6.07, 6.45) is 7.32. The number of piperidine rings is 2. The van der Waals surface area contributed by atoms with Crippen LogP contribution in [0.3, 0.4) is 0 Å². The molecule has 10 rings (SSSR count). The molecule has 5 aliphatic rings. The van der Waals surface area contributed by atoms with Crippen LogP contribution >= 0.6 is 0 Å². The number of aliphatic hydroxyl groups is 1. The molecule has 5 aromatic rings. The van der Waals surface area contributed by atoms with E-state index in [1.807, 2.05) is 24.3 Å². The van der Waals surface area contributed by atoms with Gasteiger partial charge < -0.3 is 20.2 Å². The summed E-state index contributed by atoms with van der Waals surface area (Å²) in [5.74, 6) is -0.758. The summed E-state index contributed by atoms with van der Waals surface area (Å²) in [5, 5.41) is 18.2. The van der Waals surface area contributed by atoms with E-state index in [9.17, 15) is 29.1 Å². The molecule has 1 unspecified atom stereocenters. The molecule has 0 spiro atoms. The lowest BCUT2D eigenvalue weighted by Gasteiger charge is -2.38. The van der Waals surface area contributed by atoms with Crippen molar-refractivity contribution >= 4 is 51.9 Å². The lowest BCUT2D eigenvalue weighted by atomic mass is 9.83. The number of piperazine rings is 1. The first-order valence-corrected chi connectivity index (χ1v) is 23.5. The number of imide groups is 1. The summed E-state index contributed by atoms with van der Waals surface area (Å²) < 4.78 is 1.74. The second kappa shape index (κ2) is 17.8. The van der Waals surface area contributed by atoms with Gasteiger partial charge in [0.25, 0.3) is 11.5 Å². The molecule has 3 N–H and O–H groups in total. The summed E-state index contributed by atoms with van der Waals surface area (Å²) in [5.41, 5.74) is 6.89. The van der Waals surface area contributed by atoms with Crippen LogP contribution in [0.4, 0.5) is 17.3 Å². The van der Waals surface area contributed by atoms with Crippen LogP contribution < -0.4 is 21.1 Å². The Kier molecular flexibility index (Phi) is 11.8. The van der Waals surface area contributed by atoms with Crippen molar-refractivity contribution in [2.75, 3.05) is 49.5 Å². The molecule has 6 heterocycles. The number of benzene rings is 3. The Labute approximate surface area is 383 Å². The third-order valence-electron chi connectivity index (χ3n) is 14.7. The van der Waals surface area contributed by atoms with E-state index in [1.54, 1.807) is 28.7 Å². The molecule has 4 fully saturated rings. The van der Waals surface area contributed by atoms with Crippen molar-refractivity contribution in [1.29, 1.82) is 0 Å². The third kappa shape index (κ3) is 8.51. The molecule has 342 valence electrons. The lowest BCUT2D eigenvalue weighted by molar-refractivity contribution is -0.136. The highest BCUT2D eigenvalue weighted by Crippen LogP contribution is 2.37. The first kappa shape index (κ1) is 43.6. The fraction of sp³-hybridized carbons (Fsp3) is 0.431. The zero-order valence-corrected chi connectivity index (χ0v) is 37.7. The highest BCUT2D eigenvalue weighted by molar-refractivity contribution is 6.05. The Bertz CT molecular complexity index is 2770.